The molecule has 1 amide bonds. The third-order valence-electron chi connectivity index (χ3n) is 7.97. The summed E-state index contributed by atoms with van der Waals surface area (Å²) in [4.78, 5) is 34.3. The molecule has 218 valence electrons. The second-order valence-electron chi connectivity index (χ2n) is 11.3. The van der Waals surface area contributed by atoms with Gasteiger partial charge >= 0.3 is 0 Å². The van der Waals surface area contributed by atoms with E-state index in [1.807, 2.05) is 38.2 Å². The predicted molar refractivity (Wildman–Crippen MR) is 165 cm³/mol. The van der Waals surface area contributed by atoms with Crippen LogP contribution in [0.25, 0.3) is 16.5 Å². The van der Waals surface area contributed by atoms with Crippen LogP contribution in [0.2, 0.25) is 0 Å². The maximum Gasteiger partial charge on any atom is 0.268 e. The Hall–Kier alpha value is -4.02. The highest BCUT2D eigenvalue weighted by Crippen LogP contribution is 2.30. The molecular weight excluding hydrogens is 516 g/mol. The minimum atomic E-state index is -0.334. The molecule has 2 aliphatic rings. The highest BCUT2D eigenvalue weighted by Gasteiger charge is 2.23. The van der Waals surface area contributed by atoms with Crippen LogP contribution in [0.1, 0.15) is 54.0 Å². The molecule has 1 saturated heterocycles. The van der Waals surface area contributed by atoms with Crippen LogP contribution < -0.4 is 22.0 Å². The van der Waals surface area contributed by atoms with Crippen LogP contribution in [0.3, 0.4) is 0 Å². The Morgan fingerprint density at radius 2 is 1.90 bits per heavy atom. The number of rotatable bonds is 8. The highest BCUT2D eigenvalue weighted by atomic mass is 16.2. The number of piperazine rings is 1. The first-order chi connectivity index (χ1) is 19.7. The van der Waals surface area contributed by atoms with Crippen LogP contribution in [0.15, 0.2) is 53.2 Å². The van der Waals surface area contributed by atoms with E-state index in [9.17, 15) is 9.59 Å². The molecule has 1 aromatic carbocycles. The van der Waals surface area contributed by atoms with Crippen molar-refractivity contribution in [3.8, 4) is 0 Å². The number of likely N-dealkylation sites (N-methyl/N-ethyl adjacent to an activating group) is 1. The Morgan fingerprint density at radius 1 is 1.15 bits per heavy atom. The number of nitrogens with one attached hydrogen (secondary N) is 3. The molecule has 1 fully saturated rings. The van der Waals surface area contributed by atoms with Gasteiger partial charge in [-0.15, -0.1) is 0 Å². The molecule has 0 spiro atoms. The predicted octanol–water partition coefficient (Wildman–Crippen LogP) is 3.24. The fourth-order valence-corrected chi connectivity index (χ4v) is 5.64. The summed E-state index contributed by atoms with van der Waals surface area (Å²) in [6, 6.07) is 8.15. The quantitative estimate of drug-likeness (QED) is 0.191. The van der Waals surface area contributed by atoms with Gasteiger partial charge in [0, 0.05) is 73.8 Å². The monoisotopic (exact) mass is 558 g/mol. The average molecular weight is 559 g/mol. The maximum absolute atomic E-state index is 13.9. The lowest BCUT2D eigenvalue weighted by molar-refractivity contribution is 0.0745. The van der Waals surface area contributed by atoms with Gasteiger partial charge in [-0.1, -0.05) is 6.08 Å². The van der Waals surface area contributed by atoms with Gasteiger partial charge in [0.2, 0.25) is 0 Å². The van der Waals surface area contributed by atoms with Gasteiger partial charge in [-0.3, -0.25) is 14.6 Å². The Morgan fingerprint density at radius 3 is 2.56 bits per heavy atom. The SMILES string of the molecule is CCNc1cc(C)[nH]c(=O)c1CN(N)C(=O)c1cc(C2=CC=C(N3CCN(C)CC3)NC2)cc2c1ccn2C(C)C. The number of aromatic amines is 1. The molecule has 0 saturated carbocycles. The molecule has 0 radical (unpaired) electrons. The minimum Gasteiger partial charge on any atom is -0.385 e. The topological polar surface area (TPSA) is 115 Å². The fraction of sp³-hybridized carbons (Fsp3) is 0.419. The lowest BCUT2D eigenvalue weighted by Gasteiger charge is -2.36. The molecule has 0 atom stereocenters. The number of nitrogens with two attached hydrogens (primary N) is 1. The van der Waals surface area contributed by atoms with E-state index in [1.165, 1.54) is 0 Å². The summed E-state index contributed by atoms with van der Waals surface area (Å²) < 4.78 is 2.17. The maximum atomic E-state index is 13.9. The van der Waals surface area contributed by atoms with Gasteiger partial charge in [0.15, 0.2) is 0 Å². The smallest absolute Gasteiger partial charge is 0.268 e. The average Bonchev–Trinajstić information content (AvgIpc) is 3.39. The van der Waals surface area contributed by atoms with Crippen molar-refractivity contribution in [1.82, 2.24) is 29.7 Å². The number of hydrogen-bond donors (Lipinski definition) is 4. The second-order valence-corrected chi connectivity index (χ2v) is 11.3. The number of pyridine rings is 1. The largest absolute Gasteiger partial charge is 0.385 e. The van der Waals surface area contributed by atoms with Crippen LogP contribution in [-0.2, 0) is 6.54 Å². The first-order valence-electron chi connectivity index (χ1n) is 14.4. The third-order valence-corrected chi connectivity index (χ3v) is 7.97. The number of nitrogens with zero attached hydrogens (tertiary/aromatic N) is 4. The number of aryl methyl sites for hydroxylation is 1. The number of hydrogen-bond acceptors (Lipinski definition) is 7. The zero-order chi connectivity index (χ0) is 29.3. The van der Waals surface area contributed by atoms with Gasteiger partial charge in [0.1, 0.15) is 5.82 Å². The Bertz CT molecular complexity index is 1560. The first kappa shape index (κ1) is 28.5. The summed E-state index contributed by atoms with van der Waals surface area (Å²) in [6.45, 7) is 13.4. The molecule has 41 heavy (non-hydrogen) atoms. The molecule has 0 bridgehead atoms. The molecule has 2 aliphatic heterocycles. The van der Waals surface area contributed by atoms with E-state index in [1.54, 1.807) is 0 Å². The number of benzene rings is 1. The summed E-state index contributed by atoms with van der Waals surface area (Å²) in [5.74, 6) is 7.20. The molecule has 0 aliphatic carbocycles. The van der Waals surface area contributed by atoms with E-state index in [-0.39, 0.29) is 24.1 Å². The first-order valence-corrected chi connectivity index (χ1v) is 14.4. The Kier molecular flexibility index (Phi) is 8.23. The minimum absolute atomic E-state index is 0.0191. The number of aromatic nitrogens is 2. The molecule has 10 heteroatoms. The number of H-pyrrole nitrogens is 1. The van der Waals surface area contributed by atoms with Crippen molar-refractivity contribution in [2.24, 2.45) is 5.84 Å². The van der Waals surface area contributed by atoms with Gasteiger partial charge in [0.05, 0.1) is 17.7 Å². The van der Waals surface area contributed by atoms with Crippen LogP contribution in [0.4, 0.5) is 5.69 Å². The molecule has 5 rings (SSSR count). The van der Waals surface area contributed by atoms with Gasteiger partial charge in [-0.05, 0) is 76.2 Å². The summed E-state index contributed by atoms with van der Waals surface area (Å²) in [5.41, 5.74) is 5.17. The number of dihydropyridines is 1. The molecular formula is C31H42N8O2. The van der Waals surface area contributed by atoms with Crippen molar-refractivity contribution < 1.29 is 4.79 Å². The molecule has 0 unspecified atom stereocenters. The summed E-state index contributed by atoms with van der Waals surface area (Å²) in [7, 11) is 2.16. The number of anilines is 1. The Labute approximate surface area is 241 Å². The normalized spacial score (nSPS) is 16.0. The van der Waals surface area contributed by atoms with Gasteiger partial charge in [-0.2, -0.15) is 0 Å². The zero-order valence-electron chi connectivity index (χ0n) is 24.8. The van der Waals surface area contributed by atoms with Gasteiger partial charge in [0.25, 0.3) is 11.5 Å². The van der Waals surface area contributed by atoms with Crippen molar-refractivity contribution in [3.63, 3.8) is 0 Å². The number of hydrazine groups is 1. The van der Waals surface area contributed by atoms with Crippen molar-refractivity contribution in [3.05, 3.63) is 81.2 Å². The van der Waals surface area contributed by atoms with E-state index < -0.39 is 0 Å². The third kappa shape index (κ3) is 5.89. The molecule has 5 N–H and O–H groups in total. The summed E-state index contributed by atoms with van der Waals surface area (Å²) >= 11 is 0. The Balaban J connectivity index is 1.49. The van der Waals surface area contributed by atoms with Crippen LogP contribution >= 0.6 is 0 Å². The highest BCUT2D eigenvalue weighted by molar-refractivity contribution is 6.07. The number of allylic oxidation sites excluding steroid dienone is 2. The van der Waals surface area contributed by atoms with Crippen LogP contribution in [-0.4, -0.2) is 76.6 Å². The van der Waals surface area contributed by atoms with Gasteiger partial charge < -0.3 is 30.0 Å². The second kappa shape index (κ2) is 11.8. The van der Waals surface area contributed by atoms with E-state index in [0.717, 1.165) is 64.7 Å². The van der Waals surface area contributed by atoms with Crippen molar-refractivity contribution >= 4 is 28.1 Å². The lowest BCUT2D eigenvalue weighted by atomic mass is 9.97. The van der Waals surface area contributed by atoms with Crippen LogP contribution in [0.5, 0.6) is 0 Å². The van der Waals surface area contributed by atoms with E-state index in [0.29, 0.717) is 29.9 Å². The summed E-state index contributed by atoms with van der Waals surface area (Å²) in [6.07, 6.45) is 6.30. The van der Waals surface area contributed by atoms with E-state index in [2.05, 4.69) is 69.1 Å². The van der Waals surface area contributed by atoms with E-state index >= 15 is 0 Å². The number of carbonyl (C=O) groups excluding carboxylic acids is 1. The lowest BCUT2D eigenvalue weighted by Crippen LogP contribution is -2.47. The fourth-order valence-electron chi connectivity index (χ4n) is 5.64. The van der Waals surface area contributed by atoms with Crippen molar-refractivity contribution in [2.75, 3.05) is 51.6 Å². The van der Waals surface area contributed by atoms with Crippen molar-refractivity contribution in [2.45, 2.75) is 40.3 Å². The zero-order valence-corrected chi connectivity index (χ0v) is 24.8. The van der Waals surface area contributed by atoms with E-state index in [4.69, 9.17) is 5.84 Å². The number of amides is 1. The summed E-state index contributed by atoms with van der Waals surface area (Å²) in [5, 5.41) is 8.80. The molecule has 4 heterocycles. The van der Waals surface area contributed by atoms with Gasteiger partial charge in [-0.25, -0.2) is 5.84 Å². The standard InChI is InChI=1S/C31H42N8O2/c1-6-33-27-15-21(4)35-30(40)26(27)19-39(32)31(41)25-16-23(17-28-24(25)9-10-38(28)20(2)3)22-7-8-29(34-18-22)37-13-11-36(5)12-14-37/h7-10,15-17,20,34H,6,11-14,18-19,32H2,1-5H3,(H2,33,35,40). The van der Waals surface area contributed by atoms with Crippen LogP contribution in [0, 0.1) is 6.92 Å². The number of fused-ring (bicyclic) bond motifs is 1. The molecule has 10 nitrogen and oxygen atoms in total. The molecule has 3 aromatic rings. The van der Waals surface area contributed by atoms with Crippen molar-refractivity contribution in [1.29, 1.82) is 0 Å². The number of carbonyl (C=O) groups is 1. The molecule has 2 aromatic heterocycles.